The van der Waals surface area contributed by atoms with E-state index in [4.69, 9.17) is 0 Å². The first-order valence-corrected chi connectivity index (χ1v) is 14.0. The lowest BCUT2D eigenvalue weighted by Gasteiger charge is -2.40. The summed E-state index contributed by atoms with van der Waals surface area (Å²) < 4.78 is 39.9. The van der Waals surface area contributed by atoms with Crippen LogP contribution in [-0.2, 0) is 19.2 Å². The maximum Gasteiger partial charge on any atom is 0.471 e. The van der Waals surface area contributed by atoms with Gasteiger partial charge in [-0.3, -0.25) is 19.2 Å². The van der Waals surface area contributed by atoms with Crippen LogP contribution in [-0.4, -0.2) is 91.0 Å². The fraction of sp³-hybridized carbons (Fsp3) is 0.815. The number of nitrogens with one attached hydrogen (secondary N) is 3. The predicted molar refractivity (Wildman–Crippen MR) is 137 cm³/mol. The number of rotatable bonds is 8. The first kappa shape index (κ1) is 30.1. The molecule has 3 N–H and O–H groups in total. The minimum atomic E-state index is -5.16. The zero-order valence-electron chi connectivity index (χ0n) is 23.4. The van der Waals surface area contributed by atoms with Crippen LogP contribution in [0.5, 0.6) is 0 Å². The number of piperidine rings is 1. The molecule has 2 aliphatic carbocycles. The fourth-order valence-corrected chi connectivity index (χ4v) is 7.12. The summed E-state index contributed by atoms with van der Waals surface area (Å²) in [5.74, 6) is -4.82. The molecule has 4 amide bonds. The Morgan fingerprint density at radius 3 is 2.48 bits per heavy atom. The van der Waals surface area contributed by atoms with Crippen LogP contribution in [0.25, 0.3) is 0 Å². The number of amides is 4. The molecule has 0 spiro atoms. The molecule has 4 rings (SSSR count). The van der Waals surface area contributed by atoms with Crippen molar-refractivity contribution in [3.63, 3.8) is 0 Å². The minimum Gasteiger partial charge on any atom is -0.356 e. The Bertz CT molecular complexity index is 1070. The van der Waals surface area contributed by atoms with Crippen LogP contribution >= 0.6 is 0 Å². The molecule has 10 nitrogen and oxygen atoms in total. The molecule has 4 aliphatic rings. The fourth-order valence-electron chi connectivity index (χ4n) is 7.12. The van der Waals surface area contributed by atoms with Crippen molar-refractivity contribution in [2.75, 3.05) is 27.2 Å². The lowest BCUT2D eigenvalue weighted by atomic mass is 9.80. The second-order valence-corrected chi connectivity index (χ2v) is 12.6. The number of likely N-dealkylation sites (tertiary alicyclic amines) is 1. The Hall–Kier alpha value is -2.88. The lowest BCUT2D eigenvalue weighted by molar-refractivity contribution is -0.176. The second-order valence-electron chi connectivity index (χ2n) is 12.6. The molecule has 4 fully saturated rings. The van der Waals surface area contributed by atoms with E-state index in [1.807, 2.05) is 44.2 Å². The van der Waals surface area contributed by atoms with E-state index in [2.05, 4.69) is 10.6 Å². The molecule has 1 unspecified atom stereocenters. The average Bonchev–Trinajstić information content (AvgIpc) is 3.23. The van der Waals surface area contributed by atoms with E-state index in [0.29, 0.717) is 32.2 Å². The predicted octanol–water partition coefficient (Wildman–Crippen LogP) is 1.17. The molecule has 13 heteroatoms. The quantitative estimate of drug-likeness (QED) is 0.403. The normalized spacial score (nSPS) is 32.5. The zero-order valence-corrected chi connectivity index (χ0v) is 23.4. The summed E-state index contributed by atoms with van der Waals surface area (Å²) in [6.45, 7) is 4.62. The van der Waals surface area contributed by atoms with Crippen LogP contribution in [0.1, 0.15) is 52.4 Å². The summed E-state index contributed by atoms with van der Waals surface area (Å²) >= 11 is 0. The van der Waals surface area contributed by atoms with Crippen molar-refractivity contribution >= 4 is 23.6 Å². The Labute approximate surface area is 232 Å². The van der Waals surface area contributed by atoms with Crippen LogP contribution in [0.4, 0.5) is 13.2 Å². The molecule has 2 heterocycles. The SMILES string of the molecule is CN(C)[C@@H]1CCCC([C@H](NC(=O)C(F)(F)F)C(=O)N2C[C@H]3[C@@H]([C@H]2C(=O)N[C@H](C#N)C[C@@H]2CCNC2=O)C3(C)C)C1. The number of fused-ring (bicyclic) bond motifs is 1. The van der Waals surface area contributed by atoms with E-state index in [1.54, 1.807) is 0 Å². The lowest BCUT2D eigenvalue weighted by Crippen LogP contribution is -2.60. The number of nitriles is 1. The highest BCUT2D eigenvalue weighted by molar-refractivity contribution is 5.94. The summed E-state index contributed by atoms with van der Waals surface area (Å²) in [5.41, 5.74) is -0.266. The Balaban J connectivity index is 1.56. The molecular weight excluding hydrogens is 529 g/mol. The van der Waals surface area contributed by atoms with Crippen molar-refractivity contribution in [2.45, 2.75) is 82.7 Å². The zero-order chi connectivity index (χ0) is 29.6. The van der Waals surface area contributed by atoms with Crippen LogP contribution in [0.2, 0.25) is 0 Å². The van der Waals surface area contributed by atoms with Crippen LogP contribution in [0, 0.1) is 40.4 Å². The summed E-state index contributed by atoms with van der Waals surface area (Å²) in [6.07, 6.45) is -2.04. The maximum absolute atomic E-state index is 14.0. The van der Waals surface area contributed by atoms with Gasteiger partial charge >= 0.3 is 12.1 Å². The highest BCUT2D eigenvalue weighted by Crippen LogP contribution is 2.65. The van der Waals surface area contributed by atoms with Crippen molar-refractivity contribution in [2.24, 2.45) is 29.1 Å². The van der Waals surface area contributed by atoms with Crippen LogP contribution in [0.15, 0.2) is 0 Å². The average molecular weight is 569 g/mol. The Morgan fingerprint density at radius 2 is 1.90 bits per heavy atom. The van der Waals surface area contributed by atoms with E-state index in [-0.39, 0.29) is 42.2 Å². The van der Waals surface area contributed by atoms with E-state index in [0.717, 1.165) is 6.42 Å². The molecule has 0 aromatic heterocycles. The van der Waals surface area contributed by atoms with Crippen molar-refractivity contribution in [1.29, 1.82) is 5.26 Å². The third-order valence-corrected chi connectivity index (χ3v) is 9.61. The molecule has 0 aromatic rings. The third kappa shape index (κ3) is 5.92. The highest BCUT2D eigenvalue weighted by atomic mass is 19.4. The van der Waals surface area contributed by atoms with Crippen molar-refractivity contribution in [1.82, 2.24) is 25.8 Å². The molecule has 0 aromatic carbocycles. The Kier molecular flexibility index (Phi) is 8.41. The second kappa shape index (κ2) is 11.2. The monoisotopic (exact) mass is 568 g/mol. The summed E-state index contributed by atoms with van der Waals surface area (Å²) in [6, 6.07) is -1.30. The van der Waals surface area contributed by atoms with Gasteiger partial charge in [0.25, 0.3) is 0 Å². The van der Waals surface area contributed by atoms with E-state index in [1.165, 1.54) is 4.90 Å². The van der Waals surface area contributed by atoms with Gasteiger partial charge in [0.1, 0.15) is 18.1 Å². The maximum atomic E-state index is 14.0. The number of nitrogens with zero attached hydrogens (tertiary/aromatic N) is 3. The standard InChI is InChI=1S/C27H39F3N6O4/c1-26(2)18-13-36(21(19(18)26)23(38)33-16(12-31)10-15-8-9-32-22(15)37)24(39)20(34-25(40)27(28,29)30)14-6-5-7-17(11-14)35(3)4/h14-21H,5-11,13H2,1-4H3,(H,32,37)(H,33,38)(H,34,40)/t14?,15-,16-,17+,18-,19-,20-,21-/m0/s1. The van der Waals surface area contributed by atoms with Crippen LogP contribution < -0.4 is 16.0 Å². The van der Waals surface area contributed by atoms with Gasteiger partial charge in [0, 0.05) is 25.0 Å². The van der Waals surface area contributed by atoms with E-state index >= 15 is 0 Å². The van der Waals surface area contributed by atoms with Gasteiger partial charge in [-0.25, -0.2) is 0 Å². The third-order valence-electron chi connectivity index (χ3n) is 9.61. The summed E-state index contributed by atoms with van der Waals surface area (Å²) in [5, 5.41) is 17.1. The van der Waals surface area contributed by atoms with Crippen LogP contribution in [0.3, 0.4) is 0 Å². The minimum absolute atomic E-state index is 0.0341. The smallest absolute Gasteiger partial charge is 0.356 e. The largest absolute Gasteiger partial charge is 0.471 e. The number of alkyl halides is 3. The number of hydrogen-bond acceptors (Lipinski definition) is 6. The first-order valence-electron chi connectivity index (χ1n) is 14.0. The topological polar surface area (TPSA) is 135 Å². The molecule has 8 atom stereocenters. The number of hydrogen-bond donors (Lipinski definition) is 3. The van der Waals surface area contributed by atoms with Crippen molar-refractivity contribution in [3.8, 4) is 6.07 Å². The van der Waals surface area contributed by atoms with Gasteiger partial charge in [0.2, 0.25) is 17.7 Å². The van der Waals surface area contributed by atoms with E-state index in [9.17, 15) is 37.6 Å². The van der Waals surface area contributed by atoms with Gasteiger partial charge in [-0.2, -0.15) is 18.4 Å². The van der Waals surface area contributed by atoms with E-state index < -0.39 is 53.9 Å². The molecular formula is C27H39F3N6O4. The molecule has 40 heavy (non-hydrogen) atoms. The van der Waals surface area contributed by atoms with Gasteiger partial charge in [-0.1, -0.05) is 20.3 Å². The molecule has 2 saturated heterocycles. The van der Waals surface area contributed by atoms with Gasteiger partial charge in [0.15, 0.2) is 0 Å². The molecule has 2 saturated carbocycles. The summed E-state index contributed by atoms with van der Waals surface area (Å²) in [4.78, 5) is 54.9. The Morgan fingerprint density at radius 1 is 1.20 bits per heavy atom. The molecule has 2 aliphatic heterocycles. The van der Waals surface area contributed by atoms with Gasteiger partial charge < -0.3 is 25.8 Å². The van der Waals surface area contributed by atoms with Crippen molar-refractivity contribution in [3.05, 3.63) is 0 Å². The number of carbonyl (C=O) groups is 4. The van der Waals surface area contributed by atoms with Crippen molar-refractivity contribution < 1.29 is 32.3 Å². The summed E-state index contributed by atoms with van der Waals surface area (Å²) in [7, 11) is 3.74. The van der Waals surface area contributed by atoms with Gasteiger partial charge in [0.05, 0.1) is 6.07 Å². The number of halogens is 3. The molecule has 222 valence electrons. The van der Waals surface area contributed by atoms with Gasteiger partial charge in [-0.15, -0.1) is 0 Å². The number of carbonyl (C=O) groups excluding carboxylic acids is 4. The first-order chi connectivity index (χ1) is 18.7. The molecule has 0 bridgehead atoms. The van der Waals surface area contributed by atoms with Gasteiger partial charge in [-0.05, 0) is 69.4 Å². The molecule has 0 radical (unpaired) electrons. The highest BCUT2D eigenvalue weighted by Gasteiger charge is 2.69.